The molecule has 1 aromatic rings. The van der Waals surface area contributed by atoms with E-state index in [9.17, 15) is 0 Å². The molecule has 3 nitrogen and oxygen atoms in total. The third kappa shape index (κ3) is 3.78. The van der Waals surface area contributed by atoms with Gasteiger partial charge >= 0.3 is 0 Å². The number of likely N-dealkylation sites (N-methyl/N-ethyl adjacent to an activating group) is 1. The number of hydrogen-bond acceptors (Lipinski definition) is 3. The maximum Gasteiger partial charge on any atom is 0.0558 e. The Balaban J connectivity index is 3.04. The van der Waals surface area contributed by atoms with Crippen LogP contribution in [0.5, 0.6) is 0 Å². The molecule has 2 unspecified atom stereocenters. The van der Waals surface area contributed by atoms with Gasteiger partial charge in [-0.25, -0.2) is 0 Å². The Morgan fingerprint density at radius 3 is 2.53 bits per heavy atom. The molecular weight excluding hydrogens is 280 g/mol. The summed E-state index contributed by atoms with van der Waals surface area (Å²) in [4.78, 5) is 2.20. The van der Waals surface area contributed by atoms with Crippen molar-refractivity contribution in [1.29, 1.82) is 0 Å². The van der Waals surface area contributed by atoms with Crippen LogP contribution in [0.4, 0.5) is 0 Å². The molecule has 17 heavy (non-hydrogen) atoms. The lowest BCUT2D eigenvalue weighted by Crippen LogP contribution is -2.41. The molecule has 0 bridgehead atoms. The minimum absolute atomic E-state index is 0.0141. The normalized spacial score (nSPS) is 14.9. The zero-order valence-corrected chi connectivity index (χ0v) is 12.0. The standard InChI is InChI=1S/C13H21BrN2O/c1-3-16(8-9-17)13(10(2)15)11-6-4-5-7-12(11)14/h4-7,10,13,17H,3,8-9,15H2,1-2H3. The van der Waals surface area contributed by atoms with E-state index in [1.54, 1.807) is 0 Å². The van der Waals surface area contributed by atoms with Crippen molar-refractivity contribution in [2.45, 2.75) is 25.9 Å². The summed E-state index contributed by atoms with van der Waals surface area (Å²) in [6.45, 7) is 5.76. The maximum atomic E-state index is 9.12. The Labute approximate surface area is 112 Å². The third-order valence-corrected chi connectivity index (χ3v) is 3.63. The molecule has 96 valence electrons. The van der Waals surface area contributed by atoms with E-state index >= 15 is 0 Å². The minimum Gasteiger partial charge on any atom is -0.395 e. The van der Waals surface area contributed by atoms with Gasteiger partial charge in [0, 0.05) is 17.1 Å². The van der Waals surface area contributed by atoms with E-state index in [0.717, 1.165) is 11.0 Å². The van der Waals surface area contributed by atoms with E-state index in [0.29, 0.717) is 6.54 Å². The third-order valence-electron chi connectivity index (χ3n) is 2.91. The molecule has 0 aliphatic rings. The van der Waals surface area contributed by atoms with Gasteiger partial charge in [-0.05, 0) is 25.1 Å². The van der Waals surface area contributed by atoms with Crippen molar-refractivity contribution in [2.24, 2.45) is 5.73 Å². The molecule has 1 rings (SSSR count). The minimum atomic E-state index is 0.0141. The highest BCUT2D eigenvalue weighted by atomic mass is 79.9. The predicted octanol–water partition coefficient (Wildman–Crippen LogP) is 2.15. The number of benzene rings is 1. The molecule has 2 atom stereocenters. The summed E-state index contributed by atoms with van der Waals surface area (Å²) < 4.78 is 1.07. The number of hydrogen-bond donors (Lipinski definition) is 2. The SMILES string of the molecule is CCN(CCO)C(c1ccccc1Br)C(C)N. The molecule has 0 aromatic heterocycles. The zero-order chi connectivity index (χ0) is 12.8. The molecule has 0 radical (unpaired) electrons. The van der Waals surface area contributed by atoms with E-state index in [-0.39, 0.29) is 18.7 Å². The summed E-state index contributed by atoms with van der Waals surface area (Å²) in [6.07, 6.45) is 0. The number of halogens is 1. The number of rotatable bonds is 6. The summed E-state index contributed by atoms with van der Waals surface area (Å²) in [5, 5.41) is 9.12. The van der Waals surface area contributed by atoms with Crippen LogP contribution in [0.15, 0.2) is 28.7 Å². The van der Waals surface area contributed by atoms with Crippen LogP contribution in [-0.2, 0) is 0 Å². The van der Waals surface area contributed by atoms with Gasteiger partial charge in [0.15, 0.2) is 0 Å². The molecule has 1 aromatic carbocycles. The molecule has 0 saturated heterocycles. The second kappa shape index (κ2) is 7.11. The molecule has 0 saturated carbocycles. The van der Waals surface area contributed by atoms with E-state index in [1.807, 2.05) is 25.1 Å². The molecule has 0 amide bonds. The van der Waals surface area contributed by atoms with Crippen LogP contribution in [0.1, 0.15) is 25.5 Å². The highest BCUT2D eigenvalue weighted by molar-refractivity contribution is 9.10. The van der Waals surface area contributed by atoms with Crippen LogP contribution in [-0.4, -0.2) is 35.7 Å². The van der Waals surface area contributed by atoms with E-state index < -0.39 is 0 Å². The van der Waals surface area contributed by atoms with Crippen molar-refractivity contribution >= 4 is 15.9 Å². The summed E-state index contributed by atoms with van der Waals surface area (Å²) in [5.74, 6) is 0. The van der Waals surface area contributed by atoms with Crippen molar-refractivity contribution < 1.29 is 5.11 Å². The molecule has 0 aliphatic heterocycles. The van der Waals surface area contributed by atoms with Crippen LogP contribution in [0.2, 0.25) is 0 Å². The molecule has 0 spiro atoms. The Hall–Kier alpha value is -0.420. The fourth-order valence-electron chi connectivity index (χ4n) is 2.15. The smallest absolute Gasteiger partial charge is 0.0558 e. The Morgan fingerprint density at radius 1 is 1.41 bits per heavy atom. The lowest BCUT2D eigenvalue weighted by atomic mass is 9.99. The first-order valence-corrected chi connectivity index (χ1v) is 6.76. The van der Waals surface area contributed by atoms with Crippen molar-refractivity contribution in [3.63, 3.8) is 0 Å². The topological polar surface area (TPSA) is 49.5 Å². The van der Waals surface area contributed by atoms with Gasteiger partial charge < -0.3 is 10.8 Å². The van der Waals surface area contributed by atoms with Crippen molar-refractivity contribution in [3.8, 4) is 0 Å². The first kappa shape index (κ1) is 14.6. The highest BCUT2D eigenvalue weighted by Crippen LogP contribution is 2.29. The van der Waals surface area contributed by atoms with Gasteiger partial charge in [-0.2, -0.15) is 0 Å². The van der Waals surface area contributed by atoms with Crippen molar-refractivity contribution in [3.05, 3.63) is 34.3 Å². The van der Waals surface area contributed by atoms with E-state index in [2.05, 4.69) is 33.8 Å². The fourth-order valence-corrected chi connectivity index (χ4v) is 2.67. The van der Waals surface area contributed by atoms with Gasteiger partial charge in [-0.3, -0.25) is 4.90 Å². The van der Waals surface area contributed by atoms with Crippen LogP contribution in [0.3, 0.4) is 0 Å². The van der Waals surface area contributed by atoms with Crippen molar-refractivity contribution in [2.75, 3.05) is 19.7 Å². The van der Waals surface area contributed by atoms with Gasteiger partial charge in [0.05, 0.1) is 12.6 Å². The van der Waals surface area contributed by atoms with Gasteiger partial charge in [0.1, 0.15) is 0 Å². The Morgan fingerprint density at radius 2 is 2.06 bits per heavy atom. The first-order valence-electron chi connectivity index (χ1n) is 5.96. The lowest BCUT2D eigenvalue weighted by molar-refractivity contribution is 0.143. The summed E-state index contributed by atoms with van der Waals surface area (Å²) in [5.41, 5.74) is 7.28. The average Bonchev–Trinajstić information content (AvgIpc) is 2.30. The quantitative estimate of drug-likeness (QED) is 0.846. The molecule has 0 aliphatic carbocycles. The molecular formula is C13H21BrN2O. The summed E-state index contributed by atoms with van der Waals surface area (Å²) in [7, 11) is 0. The number of nitrogens with two attached hydrogens (primary N) is 1. The van der Waals surface area contributed by atoms with Gasteiger partial charge in [-0.1, -0.05) is 41.1 Å². The second-order valence-corrected chi connectivity index (χ2v) is 5.03. The largest absolute Gasteiger partial charge is 0.395 e. The summed E-state index contributed by atoms with van der Waals surface area (Å²) in [6, 6.07) is 8.26. The Bertz CT molecular complexity index is 344. The van der Waals surface area contributed by atoms with Gasteiger partial charge in [-0.15, -0.1) is 0 Å². The van der Waals surface area contributed by atoms with Gasteiger partial charge in [0.2, 0.25) is 0 Å². The molecule has 4 heteroatoms. The van der Waals surface area contributed by atoms with E-state index in [1.165, 1.54) is 5.56 Å². The van der Waals surface area contributed by atoms with Crippen LogP contribution < -0.4 is 5.73 Å². The predicted molar refractivity (Wildman–Crippen MR) is 74.9 cm³/mol. The zero-order valence-electron chi connectivity index (χ0n) is 10.4. The summed E-state index contributed by atoms with van der Waals surface area (Å²) >= 11 is 3.57. The number of aliphatic hydroxyl groups is 1. The van der Waals surface area contributed by atoms with Crippen molar-refractivity contribution in [1.82, 2.24) is 4.90 Å². The van der Waals surface area contributed by atoms with Gasteiger partial charge in [0.25, 0.3) is 0 Å². The molecule has 0 fully saturated rings. The first-order chi connectivity index (χ1) is 8.11. The fraction of sp³-hybridized carbons (Fsp3) is 0.538. The lowest BCUT2D eigenvalue weighted by Gasteiger charge is -2.34. The molecule has 3 N–H and O–H groups in total. The average molecular weight is 301 g/mol. The van der Waals surface area contributed by atoms with Crippen LogP contribution in [0.25, 0.3) is 0 Å². The van der Waals surface area contributed by atoms with E-state index in [4.69, 9.17) is 10.8 Å². The van der Waals surface area contributed by atoms with Crippen LogP contribution in [0, 0.1) is 0 Å². The number of nitrogens with zero attached hydrogens (tertiary/aromatic N) is 1. The molecule has 0 heterocycles. The van der Waals surface area contributed by atoms with Crippen LogP contribution >= 0.6 is 15.9 Å². The number of aliphatic hydroxyl groups excluding tert-OH is 1. The highest BCUT2D eigenvalue weighted by Gasteiger charge is 2.24. The maximum absolute atomic E-state index is 9.12. The Kier molecular flexibility index (Phi) is 6.12. The monoisotopic (exact) mass is 300 g/mol. The second-order valence-electron chi connectivity index (χ2n) is 4.18.